The van der Waals surface area contributed by atoms with Crippen molar-refractivity contribution in [3.8, 4) is 39.4 Å². The molecule has 5 aromatic rings. The molecule has 4 N–H and O–H groups in total. The van der Waals surface area contributed by atoms with Crippen molar-refractivity contribution in [1.82, 2.24) is 35.6 Å². The van der Waals surface area contributed by atoms with Crippen LogP contribution in [0.25, 0.3) is 39.2 Å². The van der Waals surface area contributed by atoms with Crippen LogP contribution in [0.5, 0.6) is 5.88 Å². The Morgan fingerprint density at radius 1 is 0.980 bits per heavy atom. The van der Waals surface area contributed by atoms with E-state index in [2.05, 4.69) is 26.3 Å². The van der Waals surface area contributed by atoms with Crippen LogP contribution in [0.2, 0.25) is 10.0 Å². The minimum atomic E-state index is -0.863. The molecule has 1 aliphatic rings. The van der Waals surface area contributed by atoms with Crippen molar-refractivity contribution in [3.05, 3.63) is 105 Å². The van der Waals surface area contributed by atoms with Crippen molar-refractivity contribution in [2.45, 2.75) is 51.4 Å². The van der Waals surface area contributed by atoms with E-state index in [0.29, 0.717) is 52.3 Å². The van der Waals surface area contributed by atoms with E-state index in [1.807, 2.05) is 60.7 Å². The lowest BCUT2D eigenvalue weighted by Gasteiger charge is -2.24. The highest BCUT2D eigenvalue weighted by atomic mass is 35.5. The van der Waals surface area contributed by atoms with Gasteiger partial charge in [-0.15, -0.1) is 0 Å². The Labute approximate surface area is 305 Å². The molecule has 0 radical (unpaired) electrons. The maximum Gasteiger partial charge on any atom is 0.262 e. The van der Waals surface area contributed by atoms with Crippen molar-refractivity contribution >= 4 is 40.7 Å². The number of likely N-dealkylation sites (N-methyl/N-ethyl adjacent to an activating group) is 1. The fourth-order valence-corrected chi connectivity index (χ4v) is 6.82. The first-order valence-corrected chi connectivity index (χ1v) is 17.4. The van der Waals surface area contributed by atoms with E-state index < -0.39 is 5.54 Å². The second kappa shape index (κ2) is 15.2. The van der Waals surface area contributed by atoms with Crippen LogP contribution in [0.4, 0.5) is 0 Å². The van der Waals surface area contributed by atoms with Crippen LogP contribution in [0.3, 0.4) is 0 Å². The summed E-state index contributed by atoms with van der Waals surface area (Å²) in [5.41, 5.74) is 5.04. The molecule has 0 spiro atoms. The Hall–Kier alpha value is -4.81. The first-order valence-electron chi connectivity index (χ1n) is 16.6. The lowest BCUT2D eigenvalue weighted by Crippen LogP contribution is -2.51. The topological polar surface area (TPSA) is 139 Å². The summed E-state index contributed by atoms with van der Waals surface area (Å²) in [6.07, 6.45) is 4.59. The molecule has 1 saturated heterocycles. The molecule has 3 aromatic heterocycles. The quantitative estimate of drug-likeness (QED) is 0.134. The normalized spacial score (nSPS) is 14.5. The number of nitrogens with zero attached hydrogens (tertiary/aromatic N) is 3. The Morgan fingerprint density at radius 2 is 1.69 bits per heavy atom. The molecule has 264 valence electrons. The number of carbonyl (C=O) groups excluding carboxylic acids is 2. The van der Waals surface area contributed by atoms with E-state index in [0.717, 1.165) is 39.8 Å². The highest BCUT2D eigenvalue weighted by Crippen LogP contribution is 2.42. The highest BCUT2D eigenvalue weighted by molar-refractivity contribution is 6.39. The summed E-state index contributed by atoms with van der Waals surface area (Å²) < 4.78 is 7.11. The summed E-state index contributed by atoms with van der Waals surface area (Å²) in [6, 6.07) is 19.1. The number of rotatable bonds is 12. The molecule has 2 amide bonds. The second-order valence-corrected chi connectivity index (χ2v) is 13.7. The summed E-state index contributed by atoms with van der Waals surface area (Å²) in [5, 5.41) is 13.1. The standard InChI is InChI=1S/C38H39Cl2N7O4/c1-38(2,37(50)41-3)44-20-24-19-43-31-17-22(15-16-47(31)36(24)49)26-7-5-8-27(33(26)39)28-9-6-10-29(34(28)40)30-13-11-23(35(46-30)51-4)18-42-21-25-12-14-32(48)45-25/h5-11,13,15-17,19,25,42,44H,12,14,18,20-21H2,1-4H3,(H,41,50)(H,45,48)/t25-/m0/s1. The Morgan fingerprint density at radius 3 is 2.37 bits per heavy atom. The lowest BCUT2D eigenvalue weighted by atomic mass is 9.97. The van der Waals surface area contributed by atoms with Gasteiger partial charge < -0.3 is 20.7 Å². The summed E-state index contributed by atoms with van der Waals surface area (Å²) in [6.45, 7) is 4.87. The molecule has 1 aliphatic heterocycles. The van der Waals surface area contributed by atoms with Crippen LogP contribution >= 0.6 is 23.2 Å². The van der Waals surface area contributed by atoms with E-state index in [1.54, 1.807) is 34.2 Å². The fraction of sp³-hybridized carbons (Fsp3) is 0.289. The van der Waals surface area contributed by atoms with Gasteiger partial charge in [-0.1, -0.05) is 65.7 Å². The molecule has 4 heterocycles. The van der Waals surface area contributed by atoms with Crippen LogP contribution in [-0.4, -0.2) is 58.5 Å². The van der Waals surface area contributed by atoms with Gasteiger partial charge in [0.25, 0.3) is 5.56 Å². The number of hydrogen-bond acceptors (Lipinski definition) is 8. The molecule has 0 aliphatic carbocycles. The van der Waals surface area contributed by atoms with Crippen molar-refractivity contribution in [1.29, 1.82) is 0 Å². The minimum Gasteiger partial charge on any atom is -0.481 e. The van der Waals surface area contributed by atoms with Crippen LogP contribution in [-0.2, 0) is 22.7 Å². The number of benzene rings is 2. The van der Waals surface area contributed by atoms with Gasteiger partial charge in [-0.2, -0.15) is 0 Å². The van der Waals surface area contributed by atoms with Crippen molar-refractivity contribution in [2.75, 3.05) is 20.7 Å². The van der Waals surface area contributed by atoms with E-state index >= 15 is 0 Å². The first kappa shape index (κ1) is 36.0. The smallest absolute Gasteiger partial charge is 0.262 e. The molecule has 1 fully saturated rings. The molecule has 0 unspecified atom stereocenters. The Bertz CT molecular complexity index is 2190. The number of halogens is 2. The molecule has 13 heteroatoms. The molecule has 6 rings (SSSR count). The number of amides is 2. The summed E-state index contributed by atoms with van der Waals surface area (Å²) in [5.74, 6) is 0.389. The van der Waals surface area contributed by atoms with E-state index in [-0.39, 0.29) is 30.0 Å². The van der Waals surface area contributed by atoms with Gasteiger partial charge in [-0.3, -0.25) is 24.1 Å². The maximum atomic E-state index is 13.3. The zero-order valence-corrected chi connectivity index (χ0v) is 30.3. The summed E-state index contributed by atoms with van der Waals surface area (Å²) in [7, 11) is 3.16. The predicted molar refractivity (Wildman–Crippen MR) is 200 cm³/mol. The van der Waals surface area contributed by atoms with Crippen LogP contribution in [0.15, 0.2) is 77.9 Å². The SMILES string of the molecule is CNC(=O)C(C)(C)NCc1cnc2cc(-c3cccc(-c4cccc(-c5ccc(CNC[C@@H]6CCC(=O)N6)c(OC)n5)c4Cl)c3Cl)ccn2c1=O. The number of pyridine rings is 2. The largest absolute Gasteiger partial charge is 0.481 e. The van der Waals surface area contributed by atoms with Crippen LogP contribution in [0, 0.1) is 0 Å². The Balaban J connectivity index is 1.25. The molecule has 0 saturated carbocycles. The third-order valence-corrected chi connectivity index (χ3v) is 9.91. The fourth-order valence-electron chi connectivity index (χ4n) is 6.15. The second-order valence-electron chi connectivity index (χ2n) is 12.9. The van der Waals surface area contributed by atoms with E-state index in [1.165, 1.54) is 10.6 Å². The van der Waals surface area contributed by atoms with E-state index in [9.17, 15) is 14.4 Å². The zero-order chi connectivity index (χ0) is 36.3. The van der Waals surface area contributed by atoms with Crippen LogP contribution in [0.1, 0.15) is 37.8 Å². The number of ether oxygens (including phenoxy) is 1. The third-order valence-electron chi connectivity index (χ3n) is 9.09. The number of carbonyl (C=O) groups is 2. The average molecular weight is 729 g/mol. The van der Waals surface area contributed by atoms with Crippen molar-refractivity contribution in [3.63, 3.8) is 0 Å². The number of hydrogen-bond donors (Lipinski definition) is 4. The lowest BCUT2D eigenvalue weighted by molar-refractivity contribution is -0.126. The molecule has 11 nitrogen and oxygen atoms in total. The van der Waals surface area contributed by atoms with Gasteiger partial charge in [0, 0.05) is 79.4 Å². The molecular formula is C38H39Cl2N7O4. The van der Waals surface area contributed by atoms with Gasteiger partial charge >= 0.3 is 0 Å². The predicted octanol–water partition coefficient (Wildman–Crippen LogP) is 5.39. The first-order chi connectivity index (χ1) is 24.5. The van der Waals surface area contributed by atoms with Crippen molar-refractivity contribution < 1.29 is 14.3 Å². The molecule has 2 aromatic carbocycles. The van der Waals surface area contributed by atoms with Gasteiger partial charge in [0.2, 0.25) is 17.7 Å². The molecule has 1 atom stereocenters. The van der Waals surface area contributed by atoms with Gasteiger partial charge in [-0.05, 0) is 44.0 Å². The molecule has 51 heavy (non-hydrogen) atoms. The maximum absolute atomic E-state index is 13.3. The zero-order valence-electron chi connectivity index (χ0n) is 28.8. The van der Waals surface area contributed by atoms with E-state index in [4.69, 9.17) is 32.9 Å². The number of methoxy groups -OCH3 is 1. The van der Waals surface area contributed by atoms with Gasteiger partial charge in [0.1, 0.15) is 5.65 Å². The monoisotopic (exact) mass is 727 g/mol. The molecule has 0 bridgehead atoms. The number of nitrogens with one attached hydrogen (secondary N) is 4. The van der Waals surface area contributed by atoms with Crippen LogP contribution < -0.4 is 31.6 Å². The van der Waals surface area contributed by atoms with Gasteiger partial charge in [0.15, 0.2) is 0 Å². The number of aromatic nitrogens is 3. The number of fused-ring (bicyclic) bond motifs is 1. The third kappa shape index (κ3) is 7.62. The Kier molecular flexibility index (Phi) is 10.7. The summed E-state index contributed by atoms with van der Waals surface area (Å²) in [4.78, 5) is 46.3. The van der Waals surface area contributed by atoms with Gasteiger partial charge in [-0.25, -0.2) is 9.97 Å². The van der Waals surface area contributed by atoms with Gasteiger partial charge in [0.05, 0.1) is 34.0 Å². The van der Waals surface area contributed by atoms with Crippen molar-refractivity contribution in [2.24, 2.45) is 0 Å². The summed E-state index contributed by atoms with van der Waals surface area (Å²) >= 11 is 14.2. The highest BCUT2D eigenvalue weighted by Gasteiger charge is 2.26. The average Bonchev–Trinajstić information content (AvgIpc) is 3.55. The molecular weight excluding hydrogens is 689 g/mol. The minimum absolute atomic E-state index is 0.0890.